The highest BCUT2D eigenvalue weighted by Gasteiger charge is 2.33. The Labute approximate surface area is 168 Å². The Bertz CT molecular complexity index is 976. The van der Waals surface area contributed by atoms with E-state index in [9.17, 15) is 22.5 Å². The third kappa shape index (κ3) is 4.75. The molecule has 0 aliphatic heterocycles. The Morgan fingerprint density at radius 3 is 2.39 bits per heavy atom. The van der Waals surface area contributed by atoms with Gasteiger partial charge < -0.3 is 8.97 Å². The van der Waals surface area contributed by atoms with Crippen molar-refractivity contribution in [3.05, 3.63) is 39.0 Å². The van der Waals surface area contributed by atoms with Crippen molar-refractivity contribution >= 4 is 39.8 Å². The number of thioether (sulfide) groups is 1. The molecule has 2 aromatic rings. The van der Waals surface area contributed by atoms with Crippen LogP contribution in [-0.4, -0.2) is 20.8 Å². The summed E-state index contributed by atoms with van der Waals surface area (Å²) in [4.78, 5) is 12.7. The minimum Gasteiger partial charge on any atom is -0.591 e. The Kier molecular flexibility index (Phi) is 6.62. The van der Waals surface area contributed by atoms with E-state index in [1.165, 1.54) is 25.6 Å². The Balaban J connectivity index is 2.88. The second kappa shape index (κ2) is 8.12. The molecule has 0 spiro atoms. The molecule has 9 heteroatoms. The number of rotatable bonds is 4. The first-order chi connectivity index (χ1) is 12.8. The van der Waals surface area contributed by atoms with Crippen molar-refractivity contribution in [3.8, 4) is 0 Å². The van der Waals surface area contributed by atoms with Crippen LogP contribution in [0.3, 0.4) is 0 Å². The summed E-state index contributed by atoms with van der Waals surface area (Å²) in [6, 6.07) is 1.69. The zero-order valence-electron chi connectivity index (χ0n) is 16.5. The summed E-state index contributed by atoms with van der Waals surface area (Å²) in [7, 11) is 0. The number of fused-ring (bicyclic) bond motifs is 1. The van der Waals surface area contributed by atoms with Crippen LogP contribution in [-0.2, 0) is 17.5 Å². The van der Waals surface area contributed by atoms with Crippen LogP contribution in [0, 0.1) is 6.92 Å². The van der Waals surface area contributed by atoms with Crippen LogP contribution in [0.2, 0.25) is 0 Å². The van der Waals surface area contributed by atoms with Gasteiger partial charge in [0, 0.05) is 11.1 Å². The molecule has 0 saturated carbocycles. The van der Waals surface area contributed by atoms with E-state index in [1.54, 1.807) is 20.8 Å². The molecule has 1 heterocycles. The van der Waals surface area contributed by atoms with Crippen LogP contribution >= 0.6 is 11.8 Å². The van der Waals surface area contributed by atoms with E-state index in [0.717, 1.165) is 12.1 Å². The van der Waals surface area contributed by atoms with Crippen molar-refractivity contribution in [2.45, 2.75) is 57.6 Å². The number of halogens is 3. The number of benzene rings is 1. The molecule has 0 unspecified atom stereocenters. The van der Waals surface area contributed by atoms with Gasteiger partial charge in [0.25, 0.3) is 0 Å². The largest absolute Gasteiger partial charge is 0.591 e. The van der Waals surface area contributed by atoms with Gasteiger partial charge in [-0.25, -0.2) is 0 Å². The summed E-state index contributed by atoms with van der Waals surface area (Å²) in [6.07, 6.45) is -4.65. The van der Waals surface area contributed by atoms with Crippen LogP contribution in [0.4, 0.5) is 13.2 Å². The van der Waals surface area contributed by atoms with Gasteiger partial charge in [0.2, 0.25) is 0 Å². The highest BCUT2D eigenvalue weighted by molar-refractivity contribution is 7.99. The van der Waals surface area contributed by atoms with Gasteiger partial charge in [0.1, 0.15) is 21.7 Å². The van der Waals surface area contributed by atoms with Crippen LogP contribution in [0.5, 0.6) is 0 Å². The number of nitrogens with zero attached hydrogens (tertiary/aromatic N) is 1. The second-order valence-electron chi connectivity index (χ2n) is 7.21. The second-order valence-corrected chi connectivity index (χ2v) is 10.4. The van der Waals surface area contributed by atoms with E-state index < -0.39 is 33.3 Å². The number of alkyl halides is 3. The molecule has 154 valence electrons. The fourth-order valence-corrected chi connectivity index (χ4v) is 3.72. The van der Waals surface area contributed by atoms with Crippen LogP contribution in [0.1, 0.15) is 51.3 Å². The summed E-state index contributed by atoms with van der Waals surface area (Å²) < 4.78 is 61.8. The Morgan fingerprint density at radius 2 is 1.89 bits per heavy atom. The molecular weight excluding hydrogens is 411 g/mol. The molecule has 0 amide bonds. The maximum Gasteiger partial charge on any atom is 0.416 e. The average Bonchev–Trinajstić information content (AvgIpc) is 2.57. The maximum atomic E-state index is 13.4. The van der Waals surface area contributed by atoms with Gasteiger partial charge >= 0.3 is 6.18 Å². The number of hydrogen-bond donors (Lipinski definition) is 0. The topological polar surface area (TPSA) is 65.6 Å². The summed E-state index contributed by atoms with van der Waals surface area (Å²) in [5.41, 5.74) is -1.09. The molecule has 28 heavy (non-hydrogen) atoms. The van der Waals surface area contributed by atoms with Gasteiger partial charge in [0.05, 0.1) is 16.7 Å². The predicted octanol–water partition coefficient (Wildman–Crippen LogP) is 5.50. The van der Waals surface area contributed by atoms with Crippen molar-refractivity contribution < 1.29 is 22.1 Å². The van der Waals surface area contributed by atoms with E-state index in [2.05, 4.69) is 4.40 Å². The molecule has 1 aromatic carbocycles. The van der Waals surface area contributed by atoms with E-state index in [0.29, 0.717) is 10.8 Å². The smallest absolute Gasteiger partial charge is 0.416 e. The van der Waals surface area contributed by atoms with E-state index in [-0.39, 0.29) is 27.8 Å². The van der Waals surface area contributed by atoms with Crippen LogP contribution in [0.25, 0.3) is 11.0 Å². The summed E-state index contributed by atoms with van der Waals surface area (Å²) >= 11 is -0.385. The standard InChI is InChI=1S/C19H22F3NO3S2/c1-7-27-17-10(2)15(24)14-9-12(19(20,21)22)8-13(16(14)26-17)11(3)23-28(25)18(4,5)6/h8-9H,7H2,1-6H3/b23-11+/t28-/m1/s1. The molecule has 0 bridgehead atoms. The van der Waals surface area contributed by atoms with Gasteiger partial charge in [-0.05, 0) is 52.5 Å². The number of hydrogen-bond acceptors (Lipinski definition) is 5. The summed E-state index contributed by atoms with van der Waals surface area (Å²) in [6.45, 7) is 10.0. The normalized spacial score (nSPS) is 14.6. The maximum absolute atomic E-state index is 13.4. The lowest BCUT2D eigenvalue weighted by atomic mass is 10.0. The molecule has 2 rings (SSSR count). The molecule has 1 aromatic heterocycles. The summed E-state index contributed by atoms with van der Waals surface area (Å²) in [5.74, 6) is 0.631. The Morgan fingerprint density at radius 1 is 1.29 bits per heavy atom. The van der Waals surface area contributed by atoms with E-state index in [1.807, 2.05) is 6.92 Å². The first-order valence-corrected chi connectivity index (χ1v) is 10.7. The highest BCUT2D eigenvalue weighted by Crippen LogP contribution is 2.35. The molecule has 0 fully saturated rings. The van der Waals surface area contributed by atoms with Gasteiger partial charge in [-0.15, -0.1) is 0 Å². The van der Waals surface area contributed by atoms with Crippen molar-refractivity contribution in [2.75, 3.05) is 5.75 Å². The zero-order chi connectivity index (χ0) is 21.4. The van der Waals surface area contributed by atoms with Crippen molar-refractivity contribution in [1.29, 1.82) is 0 Å². The van der Waals surface area contributed by atoms with Crippen molar-refractivity contribution in [2.24, 2.45) is 4.40 Å². The molecule has 1 atom stereocenters. The van der Waals surface area contributed by atoms with E-state index in [4.69, 9.17) is 4.42 Å². The van der Waals surface area contributed by atoms with Gasteiger partial charge in [0.15, 0.2) is 10.5 Å². The minimum absolute atomic E-state index is 0.0116. The molecular formula is C19H22F3NO3S2. The van der Waals surface area contributed by atoms with Crippen LogP contribution in [0.15, 0.2) is 30.8 Å². The quantitative estimate of drug-likeness (QED) is 0.363. The Hall–Kier alpha value is -1.45. The monoisotopic (exact) mass is 433 g/mol. The molecule has 0 radical (unpaired) electrons. The van der Waals surface area contributed by atoms with Gasteiger partial charge in [-0.1, -0.05) is 23.1 Å². The molecule has 4 nitrogen and oxygen atoms in total. The lowest BCUT2D eigenvalue weighted by Gasteiger charge is -2.19. The van der Waals surface area contributed by atoms with Crippen molar-refractivity contribution in [1.82, 2.24) is 0 Å². The first-order valence-electron chi connectivity index (χ1n) is 8.56. The molecule has 0 saturated heterocycles. The fourth-order valence-electron chi connectivity index (χ4n) is 2.38. The van der Waals surface area contributed by atoms with Gasteiger partial charge in [-0.3, -0.25) is 4.79 Å². The molecule has 0 aliphatic rings. The van der Waals surface area contributed by atoms with Crippen LogP contribution < -0.4 is 5.43 Å². The fraction of sp³-hybridized carbons (Fsp3) is 0.474. The average molecular weight is 434 g/mol. The van der Waals surface area contributed by atoms with E-state index >= 15 is 0 Å². The third-order valence-corrected chi connectivity index (χ3v) is 6.34. The molecule has 0 aliphatic carbocycles. The minimum atomic E-state index is -4.65. The first kappa shape index (κ1) is 22.8. The molecule has 0 N–H and O–H groups in total. The lowest BCUT2D eigenvalue weighted by Crippen LogP contribution is -2.26. The predicted molar refractivity (Wildman–Crippen MR) is 109 cm³/mol. The zero-order valence-corrected chi connectivity index (χ0v) is 18.1. The van der Waals surface area contributed by atoms with Gasteiger partial charge in [-0.2, -0.15) is 13.2 Å². The van der Waals surface area contributed by atoms with Crippen molar-refractivity contribution in [3.63, 3.8) is 0 Å². The SMILES string of the molecule is CCSc1oc2c(/C(C)=N/[S@+]([O-])C(C)(C)C)cc(C(F)(F)F)cc2c(=O)c1C. The highest BCUT2D eigenvalue weighted by atomic mass is 32.2. The lowest BCUT2D eigenvalue weighted by molar-refractivity contribution is -0.137. The summed E-state index contributed by atoms with van der Waals surface area (Å²) in [5, 5.41) is 0.185. The third-order valence-electron chi connectivity index (χ3n) is 3.91.